The number of carbonyl (C=O) groups excluding carboxylic acids is 1. The Morgan fingerprint density at radius 3 is 2.37 bits per heavy atom. The summed E-state index contributed by atoms with van der Waals surface area (Å²) in [7, 11) is 0. The Hall–Kier alpha value is -1.62. The molecule has 0 aromatic carbocycles. The minimum Gasteiger partial charge on any atom is -0.481 e. The molecular formula is C14H22N2O3. The van der Waals surface area contributed by atoms with Crippen LogP contribution in [0.4, 0.5) is 0 Å². The predicted molar refractivity (Wildman–Crippen MR) is 73.8 cm³/mol. The van der Waals surface area contributed by atoms with Gasteiger partial charge in [0.1, 0.15) is 0 Å². The number of carboxylic acids is 1. The van der Waals surface area contributed by atoms with Crippen molar-refractivity contribution in [3.63, 3.8) is 0 Å². The topological polar surface area (TPSA) is 60.9 Å². The highest BCUT2D eigenvalue weighted by molar-refractivity contribution is 5.79. The van der Waals surface area contributed by atoms with Crippen molar-refractivity contribution in [3.8, 4) is 0 Å². The Morgan fingerprint density at radius 1 is 1.37 bits per heavy atom. The molecule has 0 aromatic rings. The molecule has 1 amide bonds. The molecule has 0 bridgehead atoms. The zero-order valence-corrected chi connectivity index (χ0v) is 11.4. The van der Waals surface area contributed by atoms with Gasteiger partial charge < -0.3 is 10.0 Å². The summed E-state index contributed by atoms with van der Waals surface area (Å²) in [6.07, 6.45) is 3.95. The molecule has 106 valence electrons. The molecule has 5 heteroatoms. The number of carbonyl (C=O) groups is 2. The van der Waals surface area contributed by atoms with Crippen molar-refractivity contribution in [2.24, 2.45) is 5.92 Å². The average molecular weight is 266 g/mol. The van der Waals surface area contributed by atoms with Gasteiger partial charge in [0.05, 0.1) is 12.5 Å². The van der Waals surface area contributed by atoms with E-state index < -0.39 is 5.97 Å². The second-order valence-electron chi connectivity index (χ2n) is 4.82. The fourth-order valence-electron chi connectivity index (χ4n) is 2.42. The van der Waals surface area contributed by atoms with Gasteiger partial charge in [-0.25, -0.2) is 0 Å². The lowest BCUT2D eigenvalue weighted by Gasteiger charge is -2.26. The summed E-state index contributed by atoms with van der Waals surface area (Å²) >= 11 is 0. The molecule has 0 radical (unpaired) electrons. The van der Waals surface area contributed by atoms with Gasteiger partial charge in [-0.15, -0.1) is 13.2 Å². The molecule has 0 saturated carbocycles. The first-order valence-corrected chi connectivity index (χ1v) is 6.47. The van der Waals surface area contributed by atoms with Crippen LogP contribution in [-0.2, 0) is 9.59 Å². The summed E-state index contributed by atoms with van der Waals surface area (Å²) < 4.78 is 0. The Kier molecular flexibility index (Phi) is 5.76. The van der Waals surface area contributed by atoms with Gasteiger partial charge in [-0.2, -0.15) is 0 Å². The second-order valence-corrected chi connectivity index (χ2v) is 4.82. The van der Waals surface area contributed by atoms with E-state index in [1.807, 2.05) is 11.8 Å². The largest absolute Gasteiger partial charge is 0.481 e. The fraction of sp³-hybridized carbons (Fsp3) is 0.571. The number of carboxylic acid groups (broad SMARTS) is 1. The summed E-state index contributed by atoms with van der Waals surface area (Å²) in [5.74, 6) is -1.17. The van der Waals surface area contributed by atoms with Gasteiger partial charge in [-0.05, 0) is 19.9 Å². The van der Waals surface area contributed by atoms with Gasteiger partial charge in [0, 0.05) is 19.1 Å². The van der Waals surface area contributed by atoms with E-state index in [1.54, 1.807) is 17.1 Å². The molecule has 1 aliphatic heterocycles. The number of hydrogen-bond acceptors (Lipinski definition) is 3. The van der Waals surface area contributed by atoms with Gasteiger partial charge in [0.25, 0.3) is 0 Å². The van der Waals surface area contributed by atoms with E-state index in [2.05, 4.69) is 13.2 Å². The molecule has 0 aromatic heterocycles. The van der Waals surface area contributed by atoms with Gasteiger partial charge in [0.2, 0.25) is 5.91 Å². The monoisotopic (exact) mass is 266 g/mol. The number of rotatable bonds is 7. The van der Waals surface area contributed by atoms with Crippen LogP contribution in [-0.4, -0.2) is 59.0 Å². The first-order chi connectivity index (χ1) is 9.01. The molecule has 5 nitrogen and oxygen atoms in total. The Labute approximate surface area is 114 Å². The standard InChI is InChI=1S/C14H22N2O3/c1-4-7-15(8-5-2)13(17)10-16-9-6-12(11(16)3)14(18)19/h4-5,11-12H,1-2,6-10H2,3H3,(H,18,19). The van der Waals surface area contributed by atoms with Crippen molar-refractivity contribution in [1.29, 1.82) is 0 Å². The van der Waals surface area contributed by atoms with E-state index in [0.29, 0.717) is 26.1 Å². The van der Waals surface area contributed by atoms with E-state index in [1.165, 1.54) is 0 Å². The molecular weight excluding hydrogens is 244 g/mol. The minimum absolute atomic E-state index is 0.0160. The molecule has 0 aliphatic carbocycles. The third kappa shape index (κ3) is 3.92. The van der Waals surface area contributed by atoms with Crippen LogP contribution in [0.5, 0.6) is 0 Å². The van der Waals surface area contributed by atoms with Gasteiger partial charge in [0.15, 0.2) is 0 Å². The number of amides is 1. The van der Waals surface area contributed by atoms with E-state index >= 15 is 0 Å². The van der Waals surface area contributed by atoms with Crippen LogP contribution in [0.3, 0.4) is 0 Å². The highest BCUT2D eigenvalue weighted by atomic mass is 16.4. The van der Waals surface area contributed by atoms with Crippen LogP contribution in [0.1, 0.15) is 13.3 Å². The number of nitrogens with zero attached hydrogens (tertiary/aromatic N) is 2. The van der Waals surface area contributed by atoms with Gasteiger partial charge in [-0.1, -0.05) is 12.2 Å². The van der Waals surface area contributed by atoms with Crippen molar-refractivity contribution in [2.45, 2.75) is 19.4 Å². The average Bonchev–Trinajstić information content (AvgIpc) is 2.71. The molecule has 1 aliphatic rings. The molecule has 1 rings (SSSR count). The zero-order chi connectivity index (χ0) is 14.4. The maximum Gasteiger partial charge on any atom is 0.308 e. The molecule has 0 spiro atoms. The van der Waals surface area contributed by atoms with Crippen molar-refractivity contribution in [2.75, 3.05) is 26.2 Å². The van der Waals surface area contributed by atoms with Crippen LogP contribution in [0.25, 0.3) is 0 Å². The van der Waals surface area contributed by atoms with Crippen molar-refractivity contribution >= 4 is 11.9 Å². The van der Waals surface area contributed by atoms with Crippen LogP contribution < -0.4 is 0 Å². The summed E-state index contributed by atoms with van der Waals surface area (Å²) in [5, 5.41) is 9.06. The first-order valence-electron chi connectivity index (χ1n) is 6.47. The zero-order valence-electron chi connectivity index (χ0n) is 11.4. The highest BCUT2D eigenvalue weighted by Crippen LogP contribution is 2.24. The lowest BCUT2D eigenvalue weighted by Crippen LogP contribution is -2.43. The van der Waals surface area contributed by atoms with E-state index in [4.69, 9.17) is 5.11 Å². The van der Waals surface area contributed by atoms with Crippen LogP contribution >= 0.6 is 0 Å². The molecule has 1 saturated heterocycles. The number of hydrogen-bond donors (Lipinski definition) is 1. The Balaban J connectivity index is 2.58. The maximum atomic E-state index is 12.1. The van der Waals surface area contributed by atoms with E-state index in [-0.39, 0.29) is 24.4 Å². The summed E-state index contributed by atoms with van der Waals surface area (Å²) in [6, 6.07) is -0.101. The molecule has 1 heterocycles. The summed E-state index contributed by atoms with van der Waals surface area (Å²) in [5.41, 5.74) is 0. The second kappa shape index (κ2) is 7.09. The first kappa shape index (κ1) is 15.4. The third-order valence-corrected chi connectivity index (χ3v) is 3.59. The van der Waals surface area contributed by atoms with Crippen molar-refractivity contribution < 1.29 is 14.7 Å². The normalized spacial score (nSPS) is 23.0. The molecule has 19 heavy (non-hydrogen) atoms. The molecule has 1 N–H and O–H groups in total. The van der Waals surface area contributed by atoms with E-state index in [0.717, 1.165) is 0 Å². The minimum atomic E-state index is -0.781. The quantitative estimate of drug-likeness (QED) is 0.698. The molecule has 2 unspecified atom stereocenters. The maximum absolute atomic E-state index is 12.1. The summed E-state index contributed by atoms with van der Waals surface area (Å²) in [6.45, 7) is 11.0. The Morgan fingerprint density at radius 2 is 1.95 bits per heavy atom. The van der Waals surface area contributed by atoms with Gasteiger partial charge in [-0.3, -0.25) is 14.5 Å². The van der Waals surface area contributed by atoms with Crippen LogP contribution in [0, 0.1) is 5.92 Å². The fourth-order valence-corrected chi connectivity index (χ4v) is 2.42. The predicted octanol–water partition coefficient (Wildman–Crippen LogP) is 0.982. The summed E-state index contributed by atoms with van der Waals surface area (Å²) in [4.78, 5) is 26.8. The van der Waals surface area contributed by atoms with E-state index in [9.17, 15) is 9.59 Å². The lowest BCUT2D eigenvalue weighted by molar-refractivity contribution is -0.143. The third-order valence-electron chi connectivity index (χ3n) is 3.59. The van der Waals surface area contributed by atoms with Crippen molar-refractivity contribution in [1.82, 2.24) is 9.80 Å². The lowest BCUT2D eigenvalue weighted by atomic mass is 10.0. The van der Waals surface area contributed by atoms with Crippen LogP contribution in [0.2, 0.25) is 0 Å². The van der Waals surface area contributed by atoms with Crippen molar-refractivity contribution in [3.05, 3.63) is 25.3 Å². The number of likely N-dealkylation sites (tertiary alicyclic amines) is 1. The van der Waals surface area contributed by atoms with Crippen LogP contribution in [0.15, 0.2) is 25.3 Å². The van der Waals surface area contributed by atoms with Gasteiger partial charge >= 0.3 is 5.97 Å². The molecule has 1 fully saturated rings. The highest BCUT2D eigenvalue weighted by Gasteiger charge is 2.36. The SMILES string of the molecule is C=CCN(CC=C)C(=O)CN1CCC(C(=O)O)C1C. The smallest absolute Gasteiger partial charge is 0.308 e. The molecule has 2 atom stereocenters. The Bertz CT molecular complexity index is 358. The number of aliphatic carboxylic acids is 1.